The van der Waals surface area contributed by atoms with Gasteiger partial charge in [-0.05, 0) is 58.2 Å². The molecular formula is C19H22N2O4. The normalized spacial score (nSPS) is 14.0. The maximum atomic E-state index is 12.9. The van der Waals surface area contributed by atoms with Crippen molar-refractivity contribution in [2.24, 2.45) is 4.99 Å². The Morgan fingerprint density at radius 2 is 1.96 bits per heavy atom. The molecule has 0 aromatic carbocycles. The van der Waals surface area contributed by atoms with Gasteiger partial charge in [-0.2, -0.15) is 0 Å². The Balaban J connectivity index is 2.28. The van der Waals surface area contributed by atoms with Crippen molar-refractivity contribution < 1.29 is 14.6 Å². The first kappa shape index (κ1) is 17.2. The third-order valence-corrected chi connectivity index (χ3v) is 4.40. The fraction of sp³-hybridized carbons (Fsp3) is 0.421. The molecule has 2 aromatic rings. The topological polar surface area (TPSA) is 80.4 Å². The number of pyridine rings is 1. The standard InChI is InChI=1S/C19H22N2O4/c1-7-11-9(2)16(22)21-13(11)8-12-14(17(21)23)10(3)15(20-12)18(24)25-19(4,5)6/h8,22H,7H2,1-6H3. The van der Waals surface area contributed by atoms with E-state index in [0.29, 0.717) is 34.0 Å². The molecular weight excluding hydrogens is 320 g/mol. The van der Waals surface area contributed by atoms with Crippen LogP contribution in [0.3, 0.4) is 0 Å². The van der Waals surface area contributed by atoms with Crippen molar-refractivity contribution in [3.8, 4) is 5.88 Å². The van der Waals surface area contributed by atoms with Gasteiger partial charge in [-0.3, -0.25) is 4.79 Å². The van der Waals surface area contributed by atoms with Gasteiger partial charge < -0.3 is 9.84 Å². The molecule has 132 valence electrons. The summed E-state index contributed by atoms with van der Waals surface area (Å²) in [4.78, 5) is 29.7. The van der Waals surface area contributed by atoms with E-state index in [2.05, 4.69) is 4.99 Å². The molecule has 3 heterocycles. The minimum Gasteiger partial charge on any atom is -0.494 e. The first-order valence-electron chi connectivity index (χ1n) is 8.30. The molecule has 0 aliphatic carbocycles. The summed E-state index contributed by atoms with van der Waals surface area (Å²) in [5, 5.41) is 10.7. The molecule has 0 bridgehead atoms. The number of aromatic hydroxyl groups is 1. The molecule has 0 unspecified atom stereocenters. The Kier molecular flexibility index (Phi) is 3.74. The van der Waals surface area contributed by atoms with Crippen LogP contribution in [0.4, 0.5) is 5.69 Å². The lowest BCUT2D eigenvalue weighted by molar-refractivity contribution is -0.145. The van der Waals surface area contributed by atoms with Crippen LogP contribution in [0.2, 0.25) is 0 Å². The van der Waals surface area contributed by atoms with E-state index in [4.69, 9.17) is 4.74 Å². The third kappa shape index (κ3) is 2.52. The molecule has 0 saturated heterocycles. The van der Waals surface area contributed by atoms with E-state index in [-0.39, 0.29) is 17.2 Å². The van der Waals surface area contributed by atoms with Crippen LogP contribution < -0.4 is 10.8 Å². The van der Waals surface area contributed by atoms with E-state index in [1.54, 1.807) is 40.7 Å². The highest BCUT2D eigenvalue weighted by Crippen LogP contribution is 2.29. The number of esters is 1. The zero-order valence-corrected chi connectivity index (χ0v) is 15.4. The Morgan fingerprint density at radius 1 is 1.32 bits per heavy atom. The van der Waals surface area contributed by atoms with E-state index in [1.165, 1.54) is 4.40 Å². The van der Waals surface area contributed by atoms with Crippen molar-refractivity contribution in [3.63, 3.8) is 0 Å². The van der Waals surface area contributed by atoms with E-state index in [1.807, 2.05) is 6.92 Å². The summed E-state index contributed by atoms with van der Waals surface area (Å²) in [6.45, 7) is 10.8. The summed E-state index contributed by atoms with van der Waals surface area (Å²) in [7, 11) is 0. The number of aryl methyl sites for hydroxylation is 1. The van der Waals surface area contributed by atoms with Crippen molar-refractivity contribution >= 4 is 28.5 Å². The second-order valence-corrected chi connectivity index (χ2v) is 7.30. The Labute approximate surface area is 145 Å². The summed E-state index contributed by atoms with van der Waals surface area (Å²) in [6, 6.07) is 1.75. The van der Waals surface area contributed by atoms with Crippen LogP contribution in [-0.2, 0) is 16.0 Å². The monoisotopic (exact) mass is 342 g/mol. The fourth-order valence-electron chi connectivity index (χ4n) is 3.26. The summed E-state index contributed by atoms with van der Waals surface area (Å²) in [6.07, 6.45) is 0.680. The van der Waals surface area contributed by atoms with Gasteiger partial charge in [0.15, 0.2) is 5.71 Å². The largest absolute Gasteiger partial charge is 0.494 e. The van der Waals surface area contributed by atoms with Gasteiger partial charge in [-0.1, -0.05) is 6.92 Å². The number of rotatable bonds is 2. The van der Waals surface area contributed by atoms with Crippen molar-refractivity contribution in [2.45, 2.75) is 53.6 Å². The van der Waals surface area contributed by atoms with Gasteiger partial charge in [0.1, 0.15) is 5.60 Å². The maximum absolute atomic E-state index is 12.9. The molecule has 6 heteroatoms. The molecule has 2 aromatic heterocycles. The van der Waals surface area contributed by atoms with Crippen LogP contribution in [0.5, 0.6) is 5.88 Å². The predicted octanol–water partition coefficient (Wildman–Crippen LogP) is 2.19. The van der Waals surface area contributed by atoms with Crippen LogP contribution in [0.25, 0.3) is 11.1 Å². The maximum Gasteiger partial charge on any atom is 0.357 e. The molecule has 25 heavy (non-hydrogen) atoms. The average Bonchev–Trinajstić information content (AvgIpc) is 2.94. The number of carbonyl (C=O) groups excluding carboxylic acids is 1. The lowest BCUT2D eigenvalue weighted by atomic mass is 10.1. The van der Waals surface area contributed by atoms with Gasteiger partial charge in [-0.15, -0.1) is 0 Å². The molecule has 1 aliphatic heterocycles. The molecule has 0 saturated carbocycles. The van der Waals surface area contributed by atoms with Gasteiger partial charge in [0.2, 0.25) is 5.88 Å². The van der Waals surface area contributed by atoms with E-state index >= 15 is 0 Å². The molecule has 1 aliphatic rings. The second kappa shape index (κ2) is 5.44. The van der Waals surface area contributed by atoms with E-state index in [9.17, 15) is 14.7 Å². The van der Waals surface area contributed by atoms with Crippen molar-refractivity contribution in [1.29, 1.82) is 0 Å². The van der Waals surface area contributed by atoms with Crippen LogP contribution in [0, 0.1) is 6.92 Å². The zero-order valence-electron chi connectivity index (χ0n) is 15.4. The smallest absolute Gasteiger partial charge is 0.357 e. The molecule has 0 amide bonds. The second-order valence-electron chi connectivity index (χ2n) is 7.30. The first-order chi connectivity index (χ1) is 11.6. The number of aromatic nitrogens is 1. The van der Waals surface area contributed by atoms with Crippen molar-refractivity contribution in [2.75, 3.05) is 0 Å². The van der Waals surface area contributed by atoms with Crippen LogP contribution in [0.1, 0.15) is 45.7 Å². The summed E-state index contributed by atoms with van der Waals surface area (Å²) < 4.78 is 6.68. The quantitative estimate of drug-likeness (QED) is 0.849. The number of nitrogens with zero attached hydrogens (tertiary/aromatic N) is 2. The number of aliphatic imine (C=N–C) groups is 1. The number of carbonyl (C=O) groups is 1. The van der Waals surface area contributed by atoms with Gasteiger partial charge in [0, 0.05) is 5.56 Å². The summed E-state index contributed by atoms with van der Waals surface area (Å²) >= 11 is 0. The molecule has 0 spiro atoms. The molecule has 0 fully saturated rings. The summed E-state index contributed by atoms with van der Waals surface area (Å²) in [5.41, 5.74) is 2.27. The van der Waals surface area contributed by atoms with Crippen LogP contribution >= 0.6 is 0 Å². The lowest BCUT2D eigenvalue weighted by Gasteiger charge is -2.19. The average molecular weight is 342 g/mol. The highest BCUT2D eigenvalue weighted by Gasteiger charge is 2.28. The minimum absolute atomic E-state index is 0.0573. The van der Waals surface area contributed by atoms with Crippen molar-refractivity contribution in [3.05, 3.63) is 32.8 Å². The molecule has 3 rings (SSSR count). The van der Waals surface area contributed by atoms with Crippen LogP contribution in [0.15, 0.2) is 15.9 Å². The zero-order chi connectivity index (χ0) is 18.7. The highest BCUT2D eigenvalue weighted by atomic mass is 16.6. The summed E-state index contributed by atoms with van der Waals surface area (Å²) in [5.74, 6) is -0.612. The highest BCUT2D eigenvalue weighted by molar-refractivity contribution is 6.53. The van der Waals surface area contributed by atoms with Crippen molar-refractivity contribution in [1.82, 2.24) is 4.40 Å². The van der Waals surface area contributed by atoms with Gasteiger partial charge >= 0.3 is 5.97 Å². The lowest BCUT2D eigenvalue weighted by Crippen LogP contribution is -2.33. The number of hydrogen-bond donors (Lipinski definition) is 1. The molecule has 6 nitrogen and oxygen atoms in total. The third-order valence-electron chi connectivity index (χ3n) is 4.40. The number of ether oxygens (including phenoxy) is 1. The Morgan fingerprint density at radius 3 is 2.52 bits per heavy atom. The van der Waals surface area contributed by atoms with Gasteiger partial charge in [-0.25, -0.2) is 14.2 Å². The molecule has 0 radical (unpaired) electrons. The Bertz CT molecular complexity index is 1050. The van der Waals surface area contributed by atoms with Gasteiger partial charge in [0.05, 0.1) is 16.4 Å². The Hall–Kier alpha value is -2.63. The molecule has 0 atom stereocenters. The number of hydrogen-bond acceptors (Lipinski definition) is 5. The van der Waals surface area contributed by atoms with Gasteiger partial charge in [0.25, 0.3) is 5.56 Å². The SMILES string of the molecule is CCc1c(C)c(O)n2c(=O)c3c(cc12)N=C(C(=O)OC(C)(C)C)C=3C. The predicted molar refractivity (Wildman–Crippen MR) is 96.7 cm³/mol. The van der Waals surface area contributed by atoms with E-state index < -0.39 is 11.6 Å². The minimum atomic E-state index is -0.646. The van der Waals surface area contributed by atoms with Crippen LogP contribution in [-0.4, -0.2) is 26.8 Å². The van der Waals surface area contributed by atoms with E-state index in [0.717, 1.165) is 5.56 Å². The fourth-order valence-corrected chi connectivity index (χ4v) is 3.26. The number of fused-ring (bicyclic) bond motifs is 2. The first-order valence-corrected chi connectivity index (χ1v) is 8.30. The molecule has 1 N–H and O–H groups in total.